The fourth-order valence-corrected chi connectivity index (χ4v) is 1.47. The standard InChI is InChI=1S/C11H11N3O/c1-2-9-8(3-4-11(15)14-9)10-7-12-5-6-13-10/h3-7H,2H2,1H3,(H,14,15). The molecule has 2 heterocycles. The Morgan fingerprint density at radius 3 is 2.87 bits per heavy atom. The van der Waals surface area contributed by atoms with Gasteiger partial charge in [0.05, 0.1) is 11.9 Å². The van der Waals surface area contributed by atoms with Crippen LogP contribution in [0.1, 0.15) is 12.6 Å². The van der Waals surface area contributed by atoms with E-state index in [9.17, 15) is 4.79 Å². The topological polar surface area (TPSA) is 58.6 Å². The maximum atomic E-state index is 11.1. The molecule has 0 saturated heterocycles. The molecule has 0 aliphatic heterocycles. The number of aryl methyl sites for hydroxylation is 1. The molecule has 0 radical (unpaired) electrons. The minimum absolute atomic E-state index is 0.0838. The fraction of sp³-hybridized carbons (Fsp3) is 0.182. The first-order valence-corrected chi connectivity index (χ1v) is 4.80. The molecule has 0 aliphatic rings. The molecule has 2 aromatic heterocycles. The number of hydrogen-bond acceptors (Lipinski definition) is 3. The highest BCUT2D eigenvalue weighted by Gasteiger charge is 2.05. The van der Waals surface area contributed by atoms with Crippen LogP contribution in [0.3, 0.4) is 0 Å². The van der Waals surface area contributed by atoms with E-state index in [0.717, 1.165) is 23.4 Å². The minimum atomic E-state index is -0.0838. The Labute approximate surface area is 87.0 Å². The predicted octanol–water partition coefficient (Wildman–Crippen LogP) is 1.39. The van der Waals surface area contributed by atoms with Crippen molar-refractivity contribution in [3.8, 4) is 11.3 Å². The third-order valence-corrected chi connectivity index (χ3v) is 2.19. The Hall–Kier alpha value is -1.97. The molecule has 0 atom stereocenters. The second kappa shape index (κ2) is 4.04. The Bertz CT molecular complexity index is 505. The number of rotatable bonds is 2. The van der Waals surface area contributed by atoms with Crippen molar-refractivity contribution in [2.75, 3.05) is 0 Å². The highest BCUT2D eigenvalue weighted by atomic mass is 16.1. The summed E-state index contributed by atoms with van der Waals surface area (Å²) in [5.41, 5.74) is 2.53. The van der Waals surface area contributed by atoms with Gasteiger partial charge in [0.25, 0.3) is 0 Å². The van der Waals surface area contributed by atoms with Crippen LogP contribution in [0.5, 0.6) is 0 Å². The molecule has 0 bridgehead atoms. The van der Waals surface area contributed by atoms with E-state index in [1.54, 1.807) is 24.7 Å². The van der Waals surface area contributed by atoms with Gasteiger partial charge in [-0.2, -0.15) is 0 Å². The van der Waals surface area contributed by atoms with Crippen molar-refractivity contribution in [1.82, 2.24) is 15.0 Å². The lowest BCUT2D eigenvalue weighted by molar-refractivity contribution is 1.01. The molecule has 15 heavy (non-hydrogen) atoms. The number of hydrogen-bond donors (Lipinski definition) is 1. The minimum Gasteiger partial charge on any atom is -0.326 e. The van der Waals surface area contributed by atoms with Gasteiger partial charge in [0.15, 0.2) is 0 Å². The van der Waals surface area contributed by atoms with E-state index in [1.165, 1.54) is 6.07 Å². The quantitative estimate of drug-likeness (QED) is 0.798. The van der Waals surface area contributed by atoms with Gasteiger partial charge in [0.1, 0.15) is 0 Å². The molecule has 0 fully saturated rings. The molecule has 4 nitrogen and oxygen atoms in total. The highest BCUT2D eigenvalue weighted by Crippen LogP contribution is 2.17. The van der Waals surface area contributed by atoms with E-state index < -0.39 is 0 Å². The van der Waals surface area contributed by atoms with E-state index in [0.29, 0.717) is 0 Å². The first kappa shape index (κ1) is 9.58. The summed E-state index contributed by atoms with van der Waals surface area (Å²) in [5.74, 6) is 0. The largest absolute Gasteiger partial charge is 0.326 e. The number of aromatic nitrogens is 3. The van der Waals surface area contributed by atoms with E-state index >= 15 is 0 Å². The summed E-state index contributed by atoms with van der Waals surface area (Å²) < 4.78 is 0. The van der Waals surface area contributed by atoms with Gasteiger partial charge in [0, 0.05) is 29.7 Å². The zero-order chi connectivity index (χ0) is 10.7. The van der Waals surface area contributed by atoms with Gasteiger partial charge in [-0.15, -0.1) is 0 Å². The zero-order valence-corrected chi connectivity index (χ0v) is 8.40. The second-order valence-corrected chi connectivity index (χ2v) is 3.16. The maximum absolute atomic E-state index is 11.1. The monoisotopic (exact) mass is 201 g/mol. The van der Waals surface area contributed by atoms with Crippen LogP contribution in [0.25, 0.3) is 11.3 Å². The predicted molar refractivity (Wildman–Crippen MR) is 57.5 cm³/mol. The summed E-state index contributed by atoms with van der Waals surface area (Å²) in [7, 11) is 0. The average Bonchev–Trinajstić information content (AvgIpc) is 2.30. The third kappa shape index (κ3) is 1.93. The SMILES string of the molecule is CCc1[nH]c(=O)ccc1-c1cnccn1. The lowest BCUT2D eigenvalue weighted by Gasteiger charge is -2.05. The summed E-state index contributed by atoms with van der Waals surface area (Å²) in [6.45, 7) is 1.99. The van der Waals surface area contributed by atoms with Crippen molar-refractivity contribution in [3.63, 3.8) is 0 Å². The van der Waals surface area contributed by atoms with Gasteiger partial charge >= 0.3 is 0 Å². The van der Waals surface area contributed by atoms with E-state index in [1.807, 2.05) is 6.92 Å². The van der Waals surface area contributed by atoms with Gasteiger partial charge in [-0.25, -0.2) is 0 Å². The molecule has 1 N–H and O–H groups in total. The maximum Gasteiger partial charge on any atom is 0.248 e. The van der Waals surface area contributed by atoms with Gasteiger partial charge in [-0.1, -0.05) is 6.92 Å². The highest BCUT2D eigenvalue weighted by molar-refractivity contribution is 5.60. The third-order valence-electron chi connectivity index (χ3n) is 2.19. The Kier molecular flexibility index (Phi) is 2.58. The Morgan fingerprint density at radius 1 is 1.33 bits per heavy atom. The van der Waals surface area contributed by atoms with Gasteiger partial charge in [-0.05, 0) is 12.5 Å². The molecule has 0 spiro atoms. The van der Waals surface area contributed by atoms with Crippen LogP contribution in [0.15, 0.2) is 35.5 Å². The molecular weight excluding hydrogens is 190 g/mol. The van der Waals surface area contributed by atoms with E-state index in [-0.39, 0.29) is 5.56 Å². The van der Waals surface area contributed by atoms with Crippen LogP contribution >= 0.6 is 0 Å². The van der Waals surface area contributed by atoms with Crippen molar-refractivity contribution >= 4 is 0 Å². The average molecular weight is 201 g/mol. The lowest BCUT2D eigenvalue weighted by Crippen LogP contribution is -2.08. The van der Waals surface area contributed by atoms with Crippen LogP contribution in [0.2, 0.25) is 0 Å². The molecule has 0 amide bonds. The molecule has 0 aromatic carbocycles. The molecule has 0 aliphatic carbocycles. The lowest BCUT2D eigenvalue weighted by atomic mass is 10.1. The number of nitrogens with zero attached hydrogens (tertiary/aromatic N) is 2. The van der Waals surface area contributed by atoms with Crippen LogP contribution < -0.4 is 5.56 Å². The first-order chi connectivity index (χ1) is 7.31. The molecule has 76 valence electrons. The van der Waals surface area contributed by atoms with Gasteiger partial charge < -0.3 is 4.98 Å². The van der Waals surface area contributed by atoms with Crippen molar-refractivity contribution in [2.45, 2.75) is 13.3 Å². The molecule has 0 saturated carbocycles. The number of aromatic amines is 1. The van der Waals surface area contributed by atoms with E-state index in [4.69, 9.17) is 0 Å². The van der Waals surface area contributed by atoms with Crippen molar-refractivity contribution in [2.24, 2.45) is 0 Å². The smallest absolute Gasteiger partial charge is 0.248 e. The van der Waals surface area contributed by atoms with Crippen molar-refractivity contribution in [3.05, 3.63) is 46.8 Å². The van der Waals surface area contributed by atoms with Crippen LogP contribution in [-0.4, -0.2) is 15.0 Å². The second-order valence-electron chi connectivity index (χ2n) is 3.16. The molecular formula is C11H11N3O. The van der Waals surface area contributed by atoms with Crippen molar-refractivity contribution < 1.29 is 0 Å². The number of nitrogens with one attached hydrogen (secondary N) is 1. The molecule has 4 heteroatoms. The molecule has 2 rings (SSSR count). The summed E-state index contributed by atoms with van der Waals surface area (Å²) in [4.78, 5) is 22.1. The normalized spacial score (nSPS) is 10.2. The fourth-order valence-electron chi connectivity index (χ4n) is 1.47. The van der Waals surface area contributed by atoms with E-state index in [2.05, 4.69) is 15.0 Å². The summed E-state index contributed by atoms with van der Waals surface area (Å²) in [6, 6.07) is 3.28. The summed E-state index contributed by atoms with van der Waals surface area (Å²) >= 11 is 0. The Morgan fingerprint density at radius 2 is 2.20 bits per heavy atom. The summed E-state index contributed by atoms with van der Waals surface area (Å²) in [6.07, 6.45) is 5.72. The van der Waals surface area contributed by atoms with Crippen molar-refractivity contribution in [1.29, 1.82) is 0 Å². The summed E-state index contributed by atoms with van der Waals surface area (Å²) in [5, 5.41) is 0. The van der Waals surface area contributed by atoms with Crippen LogP contribution in [0.4, 0.5) is 0 Å². The van der Waals surface area contributed by atoms with Gasteiger partial charge in [0.2, 0.25) is 5.56 Å². The molecule has 0 unspecified atom stereocenters. The van der Waals surface area contributed by atoms with Gasteiger partial charge in [-0.3, -0.25) is 14.8 Å². The first-order valence-electron chi connectivity index (χ1n) is 4.80. The number of pyridine rings is 1. The Balaban J connectivity index is 2.58. The zero-order valence-electron chi connectivity index (χ0n) is 8.40. The molecule has 2 aromatic rings. The number of H-pyrrole nitrogens is 1. The van der Waals surface area contributed by atoms with Crippen LogP contribution in [0, 0.1) is 0 Å². The van der Waals surface area contributed by atoms with Crippen LogP contribution in [-0.2, 0) is 6.42 Å².